The Hall–Kier alpha value is -1.78. The van der Waals surface area contributed by atoms with E-state index < -0.39 is 17.4 Å². The Morgan fingerprint density at radius 3 is 2.67 bits per heavy atom. The monoisotopic (exact) mass is 309 g/mol. The number of carbonyl (C=O) groups is 1. The van der Waals surface area contributed by atoms with E-state index in [1.807, 2.05) is 12.1 Å². The lowest BCUT2D eigenvalue weighted by Gasteiger charge is -2.16. The third-order valence-corrected chi connectivity index (χ3v) is 3.22. The fourth-order valence-corrected chi connectivity index (χ4v) is 2.26. The molecule has 110 valence electrons. The molecule has 0 unspecified atom stereocenters. The molecule has 0 aliphatic carbocycles. The van der Waals surface area contributed by atoms with Crippen molar-refractivity contribution in [3.05, 3.63) is 70.2 Å². The zero-order chi connectivity index (χ0) is 15.4. The van der Waals surface area contributed by atoms with Crippen LogP contribution in [0.25, 0.3) is 0 Å². The molecule has 0 aromatic heterocycles. The van der Waals surface area contributed by atoms with Gasteiger partial charge in [-0.3, -0.25) is 9.69 Å². The highest BCUT2D eigenvalue weighted by Gasteiger charge is 2.15. The lowest BCUT2D eigenvalue weighted by molar-refractivity contribution is 0.0938. The molecule has 0 bridgehead atoms. The first kappa shape index (κ1) is 15.6. The summed E-state index contributed by atoms with van der Waals surface area (Å²) >= 11 is 5.89. The Morgan fingerprint density at radius 2 is 1.95 bits per heavy atom. The van der Waals surface area contributed by atoms with Crippen LogP contribution < -0.4 is 0 Å². The summed E-state index contributed by atoms with van der Waals surface area (Å²) in [7, 11) is 1.73. The summed E-state index contributed by atoms with van der Waals surface area (Å²) in [4.78, 5) is 13.7. The van der Waals surface area contributed by atoms with Crippen LogP contribution in [0.2, 0.25) is 5.02 Å². The number of benzene rings is 2. The smallest absolute Gasteiger partial charge is 0.179 e. The van der Waals surface area contributed by atoms with Crippen molar-refractivity contribution in [3.63, 3.8) is 0 Å². The molecule has 0 aliphatic heterocycles. The van der Waals surface area contributed by atoms with Gasteiger partial charge in [0.25, 0.3) is 0 Å². The van der Waals surface area contributed by atoms with Crippen molar-refractivity contribution in [2.24, 2.45) is 0 Å². The van der Waals surface area contributed by atoms with E-state index >= 15 is 0 Å². The molecule has 0 saturated heterocycles. The molecule has 2 aromatic carbocycles. The van der Waals surface area contributed by atoms with Crippen molar-refractivity contribution in [2.45, 2.75) is 6.54 Å². The number of ketones is 1. The van der Waals surface area contributed by atoms with Gasteiger partial charge in [0.15, 0.2) is 5.78 Å². The number of likely N-dealkylation sites (N-methyl/N-ethyl adjacent to an activating group) is 1. The Kier molecular flexibility index (Phi) is 5.04. The Bertz CT molecular complexity index is 660. The predicted octanol–water partition coefficient (Wildman–Crippen LogP) is 3.93. The van der Waals surface area contributed by atoms with Crippen LogP contribution in [0.3, 0.4) is 0 Å². The summed E-state index contributed by atoms with van der Waals surface area (Å²) in [5.74, 6) is -1.80. The van der Waals surface area contributed by atoms with Gasteiger partial charge in [0.1, 0.15) is 11.6 Å². The van der Waals surface area contributed by atoms with Gasteiger partial charge >= 0.3 is 0 Å². The number of carbonyl (C=O) groups excluding carboxylic acids is 1. The summed E-state index contributed by atoms with van der Waals surface area (Å²) in [6.45, 7) is 0.482. The predicted molar refractivity (Wildman–Crippen MR) is 78.5 cm³/mol. The lowest BCUT2D eigenvalue weighted by Crippen LogP contribution is -2.26. The molecule has 0 heterocycles. The zero-order valence-corrected chi connectivity index (χ0v) is 12.2. The molecule has 0 atom stereocenters. The SMILES string of the molecule is CN(CC(=O)c1cc(F)ccc1F)Cc1cccc(Cl)c1. The van der Waals surface area contributed by atoms with Crippen molar-refractivity contribution in [1.82, 2.24) is 4.90 Å². The summed E-state index contributed by atoms with van der Waals surface area (Å²) in [5.41, 5.74) is 0.713. The van der Waals surface area contributed by atoms with Crippen molar-refractivity contribution < 1.29 is 13.6 Å². The number of rotatable bonds is 5. The molecule has 21 heavy (non-hydrogen) atoms. The highest BCUT2D eigenvalue weighted by Crippen LogP contribution is 2.14. The maximum Gasteiger partial charge on any atom is 0.179 e. The van der Waals surface area contributed by atoms with E-state index in [4.69, 9.17) is 11.6 Å². The molecule has 0 fully saturated rings. The summed E-state index contributed by atoms with van der Waals surface area (Å²) in [6.07, 6.45) is 0. The zero-order valence-electron chi connectivity index (χ0n) is 11.4. The van der Waals surface area contributed by atoms with Crippen LogP contribution in [-0.2, 0) is 6.54 Å². The largest absolute Gasteiger partial charge is 0.295 e. The molecular weight excluding hydrogens is 296 g/mol. The van der Waals surface area contributed by atoms with E-state index in [9.17, 15) is 13.6 Å². The molecule has 2 aromatic rings. The lowest BCUT2D eigenvalue weighted by atomic mass is 10.1. The highest BCUT2D eigenvalue weighted by atomic mass is 35.5. The van der Waals surface area contributed by atoms with Gasteiger partial charge in [-0.15, -0.1) is 0 Å². The van der Waals surface area contributed by atoms with Crippen LogP contribution in [0, 0.1) is 11.6 Å². The van der Waals surface area contributed by atoms with Crippen LogP contribution in [-0.4, -0.2) is 24.3 Å². The second kappa shape index (κ2) is 6.78. The van der Waals surface area contributed by atoms with Gasteiger partial charge in [-0.2, -0.15) is 0 Å². The van der Waals surface area contributed by atoms with Gasteiger partial charge < -0.3 is 0 Å². The molecule has 2 rings (SSSR count). The Balaban J connectivity index is 2.03. The van der Waals surface area contributed by atoms with E-state index in [1.165, 1.54) is 0 Å². The first-order chi connectivity index (χ1) is 9.95. The Morgan fingerprint density at radius 1 is 1.19 bits per heavy atom. The second-order valence-electron chi connectivity index (χ2n) is 4.85. The summed E-state index contributed by atoms with van der Waals surface area (Å²) in [6, 6.07) is 10.1. The summed E-state index contributed by atoms with van der Waals surface area (Å²) in [5, 5.41) is 0.614. The van der Waals surface area contributed by atoms with Gasteiger partial charge in [-0.1, -0.05) is 23.7 Å². The molecule has 2 nitrogen and oxygen atoms in total. The number of hydrogen-bond acceptors (Lipinski definition) is 2. The van der Waals surface area contributed by atoms with E-state index in [0.717, 1.165) is 23.8 Å². The molecule has 0 spiro atoms. The quantitative estimate of drug-likeness (QED) is 0.780. The topological polar surface area (TPSA) is 20.3 Å². The number of hydrogen-bond donors (Lipinski definition) is 0. The maximum absolute atomic E-state index is 13.5. The number of Topliss-reactive ketones (excluding diaryl/α,β-unsaturated/α-hetero) is 1. The van der Waals surface area contributed by atoms with Crippen LogP contribution >= 0.6 is 11.6 Å². The normalized spacial score (nSPS) is 10.9. The molecule has 0 N–H and O–H groups in total. The van der Waals surface area contributed by atoms with Crippen molar-refractivity contribution in [2.75, 3.05) is 13.6 Å². The first-order valence-corrected chi connectivity index (χ1v) is 6.75. The molecular formula is C16H14ClF2NO. The van der Waals surface area contributed by atoms with Crippen LogP contribution in [0.1, 0.15) is 15.9 Å². The highest BCUT2D eigenvalue weighted by molar-refractivity contribution is 6.30. The van der Waals surface area contributed by atoms with Crippen LogP contribution in [0.4, 0.5) is 8.78 Å². The van der Waals surface area contributed by atoms with Gasteiger partial charge in [0.2, 0.25) is 0 Å². The van der Waals surface area contributed by atoms with E-state index in [-0.39, 0.29) is 12.1 Å². The Labute approximate surface area is 127 Å². The van der Waals surface area contributed by atoms with Crippen molar-refractivity contribution >= 4 is 17.4 Å². The van der Waals surface area contributed by atoms with Crippen LogP contribution in [0.15, 0.2) is 42.5 Å². The van der Waals surface area contributed by atoms with Gasteiger partial charge in [0.05, 0.1) is 12.1 Å². The number of nitrogens with zero attached hydrogens (tertiary/aromatic N) is 1. The van der Waals surface area contributed by atoms with Gasteiger partial charge in [-0.25, -0.2) is 8.78 Å². The van der Waals surface area contributed by atoms with E-state index in [2.05, 4.69) is 0 Å². The minimum Gasteiger partial charge on any atom is -0.295 e. The average Bonchev–Trinajstić information content (AvgIpc) is 2.41. The first-order valence-electron chi connectivity index (χ1n) is 6.37. The minimum absolute atomic E-state index is 0.00706. The number of halogens is 3. The fraction of sp³-hybridized carbons (Fsp3) is 0.188. The maximum atomic E-state index is 13.5. The van der Waals surface area contributed by atoms with E-state index in [1.54, 1.807) is 24.1 Å². The molecule has 0 saturated carbocycles. The third kappa shape index (κ3) is 4.34. The van der Waals surface area contributed by atoms with Crippen LogP contribution in [0.5, 0.6) is 0 Å². The molecule has 0 radical (unpaired) electrons. The fourth-order valence-electron chi connectivity index (χ4n) is 2.04. The van der Waals surface area contributed by atoms with Gasteiger partial charge in [-0.05, 0) is 42.9 Å². The molecule has 0 amide bonds. The summed E-state index contributed by atoms with van der Waals surface area (Å²) < 4.78 is 26.6. The van der Waals surface area contributed by atoms with Gasteiger partial charge in [0, 0.05) is 11.6 Å². The third-order valence-electron chi connectivity index (χ3n) is 2.98. The minimum atomic E-state index is -0.711. The second-order valence-corrected chi connectivity index (χ2v) is 5.29. The van der Waals surface area contributed by atoms with Crippen molar-refractivity contribution in [3.8, 4) is 0 Å². The standard InChI is InChI=1S/C16H14ClF2NO/c1-20(9-11-3-2-4-12(17)7-11)10-16(21)14-8-13(18)5-6-15(14)19/h2-8H,9-10H2,1H3. The van der Waals surface area contributed by atoms with E-state index in [0.29, 0.717) is 11.6 Å². The molecule has 5 heteroatoms. The molecule has 0 aliphatic rings. The van der Waals surface area contributed by atoms with Crippen molar-refractivity contribution in [1.29, 1.82) is 0 Å². The average molecular weight is 310 g/mol.